The summed E-state index contributed by atoms with van der Waals surface area (Å²) in [5, 5.41) is 4.28. The second kappa shape index (κ2) is 6.69. The van der Waals surface area contributed by atoms with E-state index in [1.54, 1.807) is 31.6 Å². The van der Waals surface area contributed by atoms with Crippen LogP contribution >= 0.6 is 0 Å². The molecule has 25 heavy (non-hydrogen) atoms. The van der Waals surface area contributed by atoms with E-state index in [4.69, 9.17) is 0 Å². The van der Waals surface area contributed by atoms with Crippen molar-refractivity contribution >= 4 is 10.0 Å². The van der Waals surface area contributed by atoms with E-state index in [0.717, 1.165) is 23.8 Å². The highest BCUT2D eigenvalue weighted by atomic mass is 32.2. The number of rotatable bonds is 5. The number of aromatic nitrogens is 3. The highest BCUT2D eigenvalue weighted by molar-refractivity contribution is 7.89. The number of sulfonamides is 1. The standard InChI is InChI=1S/C16H14F2N4O2S/c1-22-12(8-15(21-22)11-4-3-7-19-9-11)10-20-25(23,24)16-13(17)5-2-6-14(16)18/h2-9,20H,10H2,1H3. The quantitative estimate of drug-likeness (QED) is 0.753. The van der Waals surface area contributed by atoms with Gasteiger partial charge in [-0.05, 0) is 30.3 Å². The SMILES string of the molecule is Cn1nc(-c2cccnc2)cc1CNS(=O)(=O)c1c(F)cccc1F. The van der Waals surface area contributed by atoms with E-state index in [2.05, 4.69) is 14.8 Å². The molecular weight excluding hydrogens is 350 g/mol. The fourth-order valence-electron chi connectivity index (χ4n) is 2.31. The Morgan fingerprint density at radius 2 is 1.88 bits per heavy atom. The number of pyridine rings is 1. The zero-order valence-electron chi connectivity index (χ0n) is 13.1. The Morgan fingerprint density at radius 3 is 2.52 bits per heavy atom. The van der Waals surface area contributed by atoms with Crippen LogP contribution in [0.5, 0.6) is 0 Å². The van der Waals surface area contributed by atoms with Crippen LogP contribution in [-0.4, -0.2) is 23.2 Å². The van der Waals surface area contributed by atoms with Gasteiger partial charge in [-0.3, -0.25) is 9.67 Å². The van der Waals surface area contributed by atoms with Crippen LogP contribution in [0.1, 0.15) is 5.69 Å². The largest absolute Gasteiger partial charge is 0.271 e. The molecular formula is C16H14F2N4O2S. The lowest BCUT2D eigenvalue weighted by molar-refractivity contribution is 0.513. The summed E-state index contributed by atoms with van der Waals surface area (Å²) in [5.74, 6) is -2.29. The van der Waals surface area contributed by atoms with Gasteiger partial charge in [0.05, 0.1) is 17.9 Å². The molecule has 0 aliphatic rings. The van der Waals surface area contributed by atoms with Crippen molar-refractivity contribution in [2.24, 2.45) is 7.05 Å². The summed E-state index contributed by atoms with van der Waals surface area (Å²) < 4.78 is 55.5. The summed E-state index contributed by atoms with van der Waals surface area (Å²) in [7, 11) is -2.70. The number of benzene rings is 1. The van der Waals surface area contributed by atoms with E-state index in [1.807, 2.05) is 6.07 Å². The first-order valence-electron chi connectivity index (χ1n) is 7.25. The molecule has 3 aromatic rings. The highest BCUT2D eigenvalue weighted by Gasteiger charge is 2.24. The molecule has 2 heterocycles. The van der Waals surface area contributed by atoms with Crippen LogP contribution < -0.4 is 4.72 Å². The van der Waals surface area contributed by atoms with Gasteiger partial charge in [0.1, 0.15) is 11.6 Å². The first kappa shape index (κ1) is 17.2. The fourth-order valence-corrected chi connectivity index (χ4v) is 3.44. The van der Waals surface area contributed by atoms with E-state index in [-0.39, 0.29) is 6.54 Å². The third kappa shape index (κ3) is 3.57. The van der Waals surface area contributed by atoms with Gasteiger partial charge in [0.2, 0.25) is 10.0 Å². The average molecular weight is 364 g/mol. The Morgan fingerprint density at radius 1 is 1.16 bits per heavy atom. The number of hydrogen-bond acceptors (Lipinski definition) is 4. The molecule has 0 saturated carbocycles. The first-order valence-corrected chi connectivity index (χ1v) is 8.74. The van der Waals surface area contributed by atoms with Crippen LogP contribution in [0.2, 0.25) is 0 Å². The van der Waals surface area contributed by atoms with E-state index < -0.39 is 26.6 Å². The number of nitrogens with one attached hydrogen (secondary N) is 1. The monoisotopic (exact) mass is 364 g/mol. The van der Waals surface area contributed by atoms with E-state index in [1.165, 1.54) is 4.68 Å². The maximum atomic E-state index is 13.7. The van der Waals surface area contributed by atoms with Gasteiger partial charge in [-0.15, -0.1) is 0 Å². The molecule has 0 bridgehead atoms. The molecule has 0 spiro atoms. The molecule has 6 nitrogen and oxygen atoms in total. The molecule has 0 aliphatic heterocycles. The van der Waals surface area contributed by atoms with Crippen LogP contribution in [0.3, 0.4) is 0 Å². The lowest BCUT2D eigenvalue weighted by Gasteiger charge is -2.08. The Labute approximate surface area is 143 Å². The molecule has 3 rings (SSSR count). The summed E-state index contributed by atoms with van der Waals surface area (Å²) in [5.41, 5.74) is 1.91. The van der Waals surface area contributed by atoms with Gasteiger partial charge in [0.25, 0.3) is 0 Å². The molecule has 0 saturated heterocycles. The van der Waals surface area contributed by atoms with Gasteiger partial charge in [-0.1, -0.05) is 6.07 Å². The second-order valence-electron chi connectivity index (χ2n) is 5.26. The van der Waals surface area contributed by atoms with Crippen molar-refractivity contribution in [3.63, 3.8) is 0 Å². The van der Waals surface area contributed by atoms with Crippen molar-refractivity contribution < 1.29 is 17.2 Å². The zero-order valence-corrected chi connectivity index (χ0v) is 14.0. The number of halogens is 2. The molecule has 2 aromatic heterocycles. The van der Waals surface area contributed by atoms with Crippen LogP contribution in [0.4, 0.5) is 8.78 Å². The molecule has 1 N–H and O–H groups in total. The Kier molecular flexibility index (Phi) is 4.60. The summed E-state index contributed by atoms with van der Waals surface area (Å²) in [6, 6.07) is 8.14. The van der Waals surface area contributed by atoms with Gasteiger partial charge in [-0.2, -0.15) is 5.10 Å². The maximum Gasteiger partial charge on any atom is 0.246 e. The summed E-state index contributed by atoms with van der Waals surface area (Å²) in [6.45, 7) is -0.167. The molecule has 130 valence electrons. The van der Waals surface area contributed by atoms with Crippen molar-refractivity contribution in [2.75, 3.05) is 0 Å². The van der Waals surface area contributed by atoms with Crippen LogP contribution in [0.15, 0.2) is 53.7 Å². The van der Waals surface area contributed by atoms with Crippen molar-refractivity contribution in [1.82, 2.24) is 19.5 Å². The minimum atomic E-state index is -4.35. The normalized spacial score (nSPS) is 11.6. The van der Waals surface area contributed by atoms with Crippen molar-refractivity contribution in [2.45, 2.75) is 11.4 Å². The minimum Gasteiger partial charge on any atom is -0.271 e. The average Bonchev–Trinajstić information content (AvgIpc) is 2.94. The van der Waals surface area contributed by atoms with Crippen molar-refractivity contribution in [1.29, 1.82) is 0 Å². The van der Waals surface area contributed by atoms with E-state index >= 15 is 0 Å². The Balaban J connectivity index is 1.83. The van der Waals surface area contributed by atoms with E-state index in [9.17, 15) is 17.2 Å². The topological polar surface area (TPSA) is 76.9 Å². The van der Waals surface area contributed by atoms with Crippen molar-refractivity contribution in [3.8, 4) is 11.3 Å². The van der Waals surface area contributed by atoms with Gasteiger partial charge < -0.3 is 0 Å². The maximum absolute atomic E-state index is 13.7. The minimum absolute atomic E-state index is 0.167. The molecule has 1 aromatic carbocycles. The van der Waals surface area contributed by atoms with E-state index in [0.29, 0.717) is 11.4 Å². The molecule has 0 unspecified atom stereocenters. The van der Waals surface area contributed by atoms with Crippen LogP contribution in [0, 0.1) is 11.6 Å². The Hall–Kier alpha value is -2.65. The summed E-state index contributed by atoms with van der Waals surface area (Å²) >= 11 is 0. The van der Waals surface area contributed by atoms with Gasteiger partial charge >= 0.3 is 0 Å². The lowest BCUT2D eigenvalue weighted by Crippen LogP contribution is -2.26. The van der Waals surface area contributed by atoms with Gasteiger partial charge in [0, 0.05) is 25.0 Å². The molecule has 0 radical (unpaired) electrons. The number of nitrogens with zero attached hydrogens (tertiary/aromatic N) is 3. The Bertz CT molecular complexity index is 984. The summed E-state index contributed by atoms with van der Waals surface area (Å²) in [4.78, 5) is 3.00. The predicted octanol–water partition coefficient (Wildman–Crippen LogP) is 2.24. The first-order chi connectivity index (χ1) is 11.9. The highest BCUT2D eigenvalue weighted by Crippen LogP contribution is 2.20. The van der Waals surface area contributed by atoms with Crippen LogP contribution in [0.25, 0.3) is 11.3 Å². The smallest absolute Gasteiger partial charge is 0.246 e. The molecule has 0 fully saturated rings. The second-order valence-corrected chi connectivity index (χ2v) is 6.97. The summed E-state index contributed by atoms with van der Waals surface area (Å²) in [6.07, 6.45) is 3.26. The van der Waals surface area contributed by atoms with Gasteiger partial charge in [-0.25, -0.2) is 21.9 Å². The van der Waals surface area contributed by atoms with Crippen molar-refractivity contribution in [3.05, 3.63) is 66.1 Å². The molecule has 0 atom stereocenters. The van der Waals surface area contributed by atoms with Gasteiger partial charge in [0.15, 0.2) is 4.90 Å². The third-order valence-corrected chi connectivity index (χ3v) is 5.02. The molecule has 9 heteroatoms. The number of hydrogen-bond donors (Lipinski definition) is 1. The molecule has 0 amide bonds. The zero-order chi connectivity index (χ0) is 18.0. The fraction of sp³-hybridized carbons (Fsp3) is 0.125. The number of aryl methyl sites for hydroxylation is 1. The lowest BCUT2D eigenvalue weighted by atomic mass is 10.2. The molecule has 0 aliphatic carbocycles. The predicted molar refractivity (Wildman–Crippen MR) is 86.8 cm³/mol. The van der Waals surface area contributed by atoms with Crippen LogP contribution in [-0.2, 0) is 23.6 Å². The third-order valence-electron chi connectivity index (χ3n) is 3.57.